The molecule has 1 amide bonds. The van der Waals surface area contributed by atoms with E-state index in [2.05, 4.69) is 5.32 Å². The molecule has 3 rings (SSSR count). The van der Waals surface area contributed by atoms with Crippen LogP contribution in [0.1, 0.15) is 21.5 Å². The first kappa shape index (κ1) is 24.7. The summed E-state index contributed by atoms with van der Waals surface area (Å²) in [6, 6.07) is 17.7. The molecular formula is C25H24ClNO7. The molecule has 9 heteroatoms. The minimum Gasteiger partial charge on any atom is -0.497 e. The van der Waals surface area contributed by atoms with Crippen molar-refractivity contribution in [2.24, 2.45) is 0 Å². The predicted molar refractivity (Wildman–Crippen MR) is 126 cm³/mol. The third kappa shape index (κ3) is 6.55. The molecule has 0 atom stereocenters. The van der Waals surface area contributed by atoms with E-state index in [1.165, 1.54) is 6.07 Å². The zero-order valence-electron chi connectivity index (χ0n) is 18.7. The van der Waals surface area contributed by atoms with Crippen LogP contribution in [0.3, 0.4) is 0 Å². The Morgan fingerprint density at radius 3 is 1.85 bits per heavy atom. The predicted octanol–water partition coefficient (Wildman–Crippen LogP) is 4.33. The molecule has 2 N–H and O–H groups in total. The number of carboxylic acid groups (broad SMARTS) is 1. The van der Waals surface area contributed by atoms with Crippen LogP contribution in [0.25, 0.3) is 0 Å². The quantitative estimate of drug-likeness (QED) is 0.416. The molecule has 0 saturated carbocycles. The fourth-order valence-electron chi connectivity index (χ4n) is 2.97. The first-order valence-corrected chi connectivity index (χ1v) is 10.6. The molecule has 3 aromatic rings. The van der Waals surface area contributed by atoms with Crippen molar-refractivity contribution in [3.05, 3.63) is 82.4 Å². The summed E-state index contributed by atoms with van der Waals surface area (Å²) in [6.07, 6.45) is 0. The van der Waals surface area contributed by atoms with Gasteiger partial charge in [-0.05, 0) is 47.5 Å². The van der Waals surface area contributed by atoms with Crippen LogP contribution >= 0.6 is 11.6 Å². The molecule has 0 fully saturated rings. The Labute approximate surface area is 202 Å². The Balaban J connectivity index is 1.83. The molecule has 178 valence electrons. The lowest BCUT2D eigenvalue weighted by Crippen LogP contribution is -2.29. The standard InChI is InChI=1S/C25H24ClNO7/c1-31-18-7-3-16(4-8-18)14-33-21-12-11-20(25(30)27-13-22(28)29)23(26)24(21)34-15-17-5-9-19(32-2)10-6-17/h3-12H,13-15H2,1-2H3,(H,27,30)(H,28,29). The van der Waals surface area contributed by atoms with Gasteiger partial charge < -0.3 is 29.4 Å². The highest BCUT2D eigenvalue weighted by atomic mass is 35.5. The van der Waals surface area contributed by atoms with Gasteiger partial charge in [-0.1, -0.05) is 35.9 Å². The maximum absolute atomic E-state index is 12.4. The Kier molecular flexibility index (Phi) is 8.59. The van der Waals surface area contributed by atoms with Crippen LogP contribution in [0, 0.1) is 0 Å². The second-order valence-corrected chi connectivity index (χ2v) is 7.48. The van der Waals surface area contributed by atoms with Gasteiger partial charge in [-0.25, -0.2) is 0 Å². The van der Waals surface area contributed by atoms with Crippen LogP contribution < -0.4 is 24.3 Å². The maximum Gasteiger partial charge on any atom is 0.322 e. The van der Waals surface area contributed by atoms with Crippen LogP contribution in [0.2, 0.25) is 5.02 Å². The number of carbonyl (C=O) groups excluding carboxylic acids is 1. The Morgan fingerprint density at radius 2 is 1.35 bits per heavy atom. The first-order valence-electron chi connectivity index (χ1n) is 10.2. The third-order valence-electron chi connectivity index (χ3n) is 4.80. The number of nitrogens with one attached hydrogen (secondary N) is 1. The molecule has 0 bridgehead atoms. The number of carbonyl (C=O) groups is 2. The number of halogens is 1. The van der Waals surface area contributed by atoms with Gasteiger partial charge in [0.1, 0.15) is 31.3 Å². The van der Waals surface area contributed by atoms with Crippen LogP contribution in [0.15, 0.2) is 60.7 Å². The second kappa shape index (κ2) is 11.8. The maximum atomic E-state index is 12.4. The number of benzene rings is 3. The molecule has 0 spiro atoms. The molecule has 8 nitrogen and oxygen atoms in total. The normalized spacial score (nSPS) is 10.3. The van der Waals surface area contributed by atoms with E-state index in [1.807, 2.05) is 36.4 Å². The number of aliphatic carboxylic acids is 1. The summed E-state index contributed by atoms with van der Waals surface area (Å²) >= 11 is 6.51. The monoisotopic (exact) mass is 485 g/mol. The van der Waals surface area contributed by atoms with Gasteiger partial charge in [-0.15, -0.1) is 0 Å². The average molecular weight is 486 g/mol. The van der Waals surface area contributed by atoms with Crippen LogP contribution in [-0.4, -0.2) is 37.7 Å². The van der Waals surface area contributed by atoms with Crippen molar-refractivity contribution in [2.45, 2.75) is 13.2 Å². The molecule has 34 heavy (non-hydrogen) atoms. The third-order valence-corrected chi connectivity index (χ3v) is 5.18. The van der Waals surface area contributed by atoms with E-state index in [0.717, 1.165) is 16.9 Å². The zero-order valence-corrected chi connectivity index (χ0v) is 19.4. The Hall–Kier alpha value is -3.91. The fourth-order valence-corrected chi connectivity index (χ4v) is 3.27. The molecule has 0 aliphatic rings. The van der Waals surface area contributed by atoms with Crippen LogP contribution in [0.5, 0.6) is 23.0 Å². The number of hydrogen-bond acceptors (Lipinski definition) is 6. The summed E-state index contributed by atoms with van der Waals surface area (Å²) in [5, 5.41) is 11.1. The molecule has 0 radical (unpaired) electrons. The first-order chi connectivity index (χ1) is 16.4. The lowest BCUT2D eigenvalue weighted by Gasteiger charge is -2.17. The van der Waals surface area contributed by atoms with Crippen LogP contribution in [-0.2, 0) is 18.0 Å². The smallest absolute Gasteiger partial charge is 0.322 e. The lowest BCUT2D eigenvalue weighted by molar-refractivity contribution is -0.135. The number of amides is 1. The summed E-state index contributed by atoms with van der Waals surface area (Å²) in [5.74, 6) is 0.149. The molecule has 0 aliphatic heterocycles. The topological polar surface area (TPSA) is 103 Å². The number of ether oxygens (including phenoxy) is 4. The molecule has 0 unspecified atom stereocenters. The number of rotatable bonds is 11. The SMILES string of the molecule is COc1ccc(COc2ccc(C(=O)NCC(=O)O)c(Cl)c2OCc2ccc(OC)cc2)cc1. The van der Waals surface area contributed by atoms with E-state index in [1.54, 1.807) is 32.4 Å². The summed E-state index contributed by atoms with van der Waals surface area (Å²) in [4.78, 5) is 23.2. The zero-order chi connectivity index (χ0) is 24.5. The highest BCUT2D eigenvalue weighted by Gasteiger charge is 2.20. The Morgan fingerprint density at radius 1 is 0.824 bits per heavy atom. The highest BCUT2D eigenvalue weighted by Crippen LogP contribution is 2.39. The van der Waals surface area contributed by atoms with E-state index < -0.39 is 18.4 Å². The van der Waals surface area contributed by atoms with Gasteiger partial charge in [0, 0.05) is 0 Å². The van der Waals surface area contributed by atoms with E-state index in [-0.39, 0.29) is 29.5 Å². The Bertz CT molecular complexity index is 1130. The van der Waals surface area contributed by atoms with E-state index in [4.69, 9.17) is 35.7 Å². The van der Waals surface area contributed by atoms with Crippen molar-refractivity contribution < 1.29 is 33.6 Å². The number of carboxylic acids is 1. The molecule has 3 aromatic carbocycles. The van der Waals surface area contributed by atoms with Gasteiger partial charge in [0.15, 0.2) is 11.5 Å². The molecule has 0 aromatic heterocycles. The molecule has 0 saturated heterocycles. The lowest BCUT2D eigenvalue weighted by atomic mass is 10.1. The largest absolute Gasteiger partial charge is 0.497 e. The van der Waals surface area contributed by atoms with Crippen molar-refractivity contribution in [3.8, 4) is 23.0 Å². The second-order valence-electron chi connectivity index (χ2n) is 7.10. The average Bonchev–Trinajstić information content (AvgIpc) is 2.86. The van der Waals surface area contributed by atoms with Crippen molar-refractivity contribution in [1.29, 1.82) is 0 Å². The van der Waals surface area contributed by atoms with Gasteiger partial charge in [0.05, 0.1) is 24.8 Å². The van der Waals surface area contributed by atoms with Gasteiger partial charge in [-0.2, -0.15) is 0 Å². The summed E-state index contributed by atoms with van der Waals surface area (Å²) in [5.41, 5.74) is 1.81. The number of methoxy groups -OCH3 is 2. The van der Waals surface area contributed by atoms with Crippen molar-refractivity contribution in [3.63, 3.8) is 0 Å². The van der Waals surface area contributed by atoms with Gasteiger partial charge in [0.25, 0.3) is 5.91 Å². The molecule has 0 aliphatic carbocycles. The molecular weight excluding hydrogens is 462 g/mol. The summed E-state index contributed by atoms with van der Waals surface area (Å²) < 4.78 is 22.2. The van der Waals surface area contributed by atoms with Crippen molar-refractivity contribution in [1.82, 2.24) is 5.32 Å². The minimum atomic E-state index is -1.17. The summed E-state index contributed by atoms with van der Waals surface area (Å²) in [7, 11) is 3.17. The highest BCUT2D eigenvalue weighted by molar-refractivity contribution is 6.35. The fraction of sp³-hybridized carbons (Fsp3) is 0.200. The summed E-state index contributed by atoms with van der Waals surface area (Å²) in [6.45, 7) is -0.153. The van der Waals surface area contributed by atoms with E-state index in [0.29, 0.717) is 11.5 Å². The number of hydrogen-bond donors (Lipinski definition) is 2. The van der Waals surface area contributed by atoms with Crippen LogP contribution in [0.4, 0.5) is 0 Å². The van der Waals surface area contributed by atoms with Gasteiger partial charge >= 0.3 is 5.97 Å². The van der Waals surface area contributed by atoms with E-state index in [9.17, 15) is 9.59 Å². The van der Waals surface area contributed by atoms with Crippen molar-refractivity contribution >= 4 is 23.5 Å². The minimum absolute atomic E-state index is 0.0173. The van der Waals surface area contributed by atoms with Crippen molar-refractivity contribution in [2.75, 3.05) is 20.8 Å². The van der Waals surface area contributed by atoms with E-state index >= 15 is 0 Å². The van der Waals surface area contributed by atoms with Gasteiger partial charge in [0.2, 0.25) is 0 Å². The molecule has 0 heterocycles. The van der Waals surface area contributed by atoms with Gasteiger partial charge in [-0.3, -0.25) is 9.59 Å².